The first-order valence-electron chi connectivity index (χ1n) is 19.7. The van der Waals surface area contributed by atoms with Crippen molar-refractivity contribution in [1.29, 1.82) is 0 Å². The van der Waals surface area contributed by atoms with Crippen LogP contribution in [0.1, 0.15) is 140 Å². The predicted molar refractivity (Wildman–Crippen MR) is 196 cm³/mol. The Bertz CT molecular complexity index is 1460. The van der Waals surface area contributed by atoms with E-state index in [0.717, 1.165) is 56.9 Å². The van der Waals surface area contributed by atoms with Crippen LogP contribution in [0.5, 0.6) is 0 Å². The molecule has 5 aliphatic carbocycles. The summed E-state index contributed by atoms with van der Waals surface area (Å²) < 4.78 is 6.14. The molecule has 0 aromatic rings. The van der Waals surface area contributed by atoms with E-state index in [-0.39, 0.29) is 70.9 Å². The molecule has 0 heterocycles. The molecule has 0 radical (unpaired) electrons. The lowest BCUT2D eigenvalue weighted by atomic mass is 9.33. The van der Waals surface area contributed by atoms with Gasteiger partial charge in [-0.05, 0) is 125 Å². The van der Waals surface area contributed by atoms with Crippen molar-refractivity contribution in [3.05, 3.63) is 11.1 Å². The predicted octanol–water partition coefficient (Wildman–Crippen LogP) is 7.54. The summed E-state index contributed by atoms with van der Waals surface area (Å²) in [5.41, 5.74) is -0.0814. The molecule has 5 aliphatic rings. The van der Waals surface area contributed by atoms with E-state index < -0.39 is 34.8 Å². The molecule has 0 aromatic carbocycles. The molecule has 4 saturated carbocycles. The molecular formula is C42H67NO8. The van der Waals surface area contributed by atoms with E-state index >= 15 is 0 Å². The third-order valence-electron chi connectivity index (χ3n) is 16.0. The molecule has 3 N–H and O–H groups in total. The Morgan fingerprint density at radius 2 is 1.53 bits per heavy atom. The summed E-state index contributed by atoms with van der Waals surface area (Å²) in [6.45, 7) is 23.3. The Labute approximate surface area is 306 Å². The molecule has 0 amide bonds. The highest BCUT2D eigenvalue weighted by atomic mass is 16.5. The third kappa shape index (κ3) is 6.22. The first kappa shape index (κ1) is 39.9. The Kier molecular flexibility index (Phi) is 10.4. The van der Waals surface area contributed by atoms with E-state index in [1.807, 2.05) is 18.7 Å². The number of ketones is 1. The van der Waals surface area contributed by atoms with Gasteiger partial charge in [-0.1, -0.05) is 54.0 Å². The molecule has 0 saturated heterocycles. The third-order valence-corrected chi connectivity index (χ3v) is 16.0. The zero-order valence-electron chi connectivity index (χ0n) is 33.4. The van der Waals surface area contributed by atoms with Crippen LogP contribution in [0, 0.1) is 56.2 Å². The Morgan fingerprint density at radius 1 is 0.882 bits per heavy atom. The number of carbonyl (C=O) groups is 4. The molecule has 0 aromatic heterocycles. The lowest BCUT2D eigenvalue weighted by Crippen LogP contribution is -2.66. The minimum atomic E-state index is -1.18. The number of aliphatic carboxylic acids is 2. The first-order chi connectivity index (χ1) is 23.4. The van der Waals surface area contributed by atoms with E-state index in [1.54, 1.807) is 13.8 Å². The van der Waals surface area contributed by atoms with E-state index in [2.05, 4.69) is 48.5 Å². The lowest BCUT2D eigenvalue weighted by Gasteiger charge is -2.72. The van der Waals surface area contributed by atoms with Gasteiger partial charge in [-0.15, -0.1) is 0 Å². The normalized spacial score (nSPS) is 38.2. The minimum Gasteiger partial charge on any atom is -0.481 e. The summed E-state index contributed by atoms with van der Waals surface area (Å²) in [5.74, 6) is -1.22. The Morgan fingerprint density at radius 3 is 2.10 bits per heavy atom. The van der Waals surface area contributed by atoms with Crippen molar-refractivity contribution in [2.45, 2.75) is 159 Å². The summed E-state index contributed by atoms with van der Waals surface area (Å²) in [7, 11) is 0. The molecule has 9 atom stereocenters. The number of ether oxygens (including phenoxy) is 1. The highest BCUT2D eigenvalue weighted by Gasteiger charge is 2.71. The maximum atomic E-state index is 14.0. The number of fused-ring (bicyclic) bond motifs is 7. The Hall–Kier alpha value is -2.26. The zero-order chi connectivity index (χ0) is 38.3. The van der Waals surface area contributed by atoms with E-state index in [9.17, 15) is 34.5 Å². The summed E-state index contributed by atoms with van der Waals surface area (Å²) >= 11 is 0. The largest absolute Gasteiger partial charge is 0.481 e. The first-order valence-corrected chi connectivity index (χ1v) is 19.7. The Balaban J connectivity index is 1.46. The summed E-state index contributed by atoms with van der Waals surface area (Å²) in [4.78, 5) is 52.4. The number of aliphatic hydroxyl groups excluding tert-OH is 1. The van der Waals surface area contributed by atoms with Gasteiger partial charge in [0, 0.05) is 29.8 Å². The van der Waals surface area contributed by atoms with Gasteiger partial charge in [-0.3, -0.25) is 24.1 Å². The molecule has 288 valence electrons. The number of esters is 1. The van der Waals surface area contributed by atoms with Gasteiger partial charge in [0.25, 0.3) is 0 Å². The van der Waals surface area contributed by atoms with Gasteiger partial charge < -0.3 is 20.1 Å². The molecule has 5 rings (SSSR count). The van der Waals surface area contributed by atoms with Crippen LogP contribution in [-0.2, 0) is 23.9 Å². The molecule has 0 bridgehead atoms. The second-order valence-electron chi connectivity index (χ2n) is 20.0. The second-order valence-corrected chi connectivity index (χ2v) is 20.0. The molecule has 4 fully saturated rings. The van der Waals surface area contributed by atoms with Gasteiger partial charge in [0.2, 0.25) is 0 Å². The highest BCUT2D eigenvalue weighted by Crippen LogP contribution is 2.77. The van der Waals surface area contributed by atoms with Crippen molar-refractivity contribution in [3.63, 3.8) is 0 Å². The molecule has 0 aliphatic heterocycles. The van der Waals surface area contributed by atoms with Crippen LogP contribution in [0.4, 0.5) is 0 Å². The van der Waals surface area contributed by atoms with E-state index in [1.165, 1.54) is 5.57 Å². The summed E-state index contributed by atoms with van der Waals surface area (Å²) in [6, 6.07) is -0.0557. The zero-order valence-corrected chi connectivity index (χ0v) is 33.4. The smallest absolute Gasteiger partial charge is 0.317 e. The number of nitrogens with zero attached hydrogens (tertiary/aromatic N) is 1. The van der Waals surface area contributed by atoms with Gasteiger partial charge in [0.15, 0.2) is 5.78 Å². The number of allylic oxidation sites excluding steroid dienone is 1. The number of carbonyl (C=O) groups excluding carboxylic acids is 2. The van der Waals surface area contributed by atoms with E-state index in [4.69, 9.17) is 4.74 Å². The van der Waals surface area contributed by atoms with Crippen molar-refractivity contribution in [2.75, 3.05) is 13.1 Å². The van der Waals surface area contributed by atoms with Crippen LogP contribution in [0.25, 0.3) is 0 Å². The lowest BCUT2D eigenvalue weighted by molar-refractivity contribution is -0.235. The maximum Gasteiger partial charge on any atom is 0.317 e. The molecule has 9 heteroatoms. The van der Waals surface area contributed by atoms with Crippen molar-refractivity contribution in [2.24, 2.45) is 56.2 Å². The van der Waals surface area contributed by atoms with Crippen LogP contribution in [0.15, 0.2) is 11.1 Å². The SMILES string of the molecule is CC(C)C1=C2[C@H]3CC[C@@H]4[C@@]5(C)CC[C@H](OC(=O)CC(C)(C)C(=O)O)C(C)(C)[C@@H]5CC[C@@]4(C)[C@]3(C)CC[C@@]2([C@@H](O)CN(CC(=O)O)C(C)C)CC1=O. The van der Waals surface area contributed by atoms with Crippen LogP contribution in [-0.4, -0.2) is 75.2 Å². The summed E-state index contributed by atoms with van der Waals surface area (Å²) in [6.07, 6.45) is 6.41. The van der Waals surface area contributed by atoms with Crippen LogP contribution >= 0.6 is 0 Å². The van der Waals surface area contributed by atoms with Crippen molar-refractivity contribution in [1.82, 2.24) is 4.90 Å². The van der Waals surface area contributed by atoms with Crippen LogP contribution < -0.4 is 0 Å². The topological polar surface area (TPSA) is 141 Å². The molecule has 0 unspecified atom stereocenters. The van der Waals surface area contributed by atoms with Crippen molar-refractivity contribution < 1.29 is 39.2 Å². The summed E-state index contributed by atoms with van der Waals surface area (Å²) in [5, 5.41) is 31.4. The van der Waals surface area contributed by atoms with Crippen LogP contribution in [0.2, 0.25) is 0 Å². The fraction of sp³-hybridized carbons (Fsp3) is 0.857. The molecule has 9 nitrogen and oxygen atoms in total. The molecule has 51 heavy (non-hydrogen) atoms. The van der Waals surface area contributed by atoms with Crippen molar-refractivity contribution in [3.8, 4) is 0 Å². The number of rotatable bonds is 11. The number of aliphatic hydroxyl groups is 1. The number of Topliss-reactive ketones (excluding diaryl/α,β-unsaturated/α-hetero) is 1. The molecular weight excluding hydrogens is 646 g/mol. The van der Waals surface area contributed by atoms with Gasteiger partial charge in [0.05, 0.1) is 24.5 Å². The average Bonchev–Trinajstić information content (AvgIpc) is 3.31. The maximum absolute atomic E-state index is 14.0. The number of hydrogen-bond donors (Lipinski definition) is 3. The second kappa shape index (κ2) is 13.2. The van der Waals surface area contributed by atoms with Gasteiger partial charge in [-0.25, -0.2) is 0 Å². The van der Waals surface area contributed by atoms with Gasteiger partial charge in [0.1, 0.15) is 6.10 Å². The fourth-order valence-electron chi connectivity index (χ4n) is 12.9. The van der Waals surface area contributed by atoms with Gasteiger partial charge >= 0.3 is 17.9 Å². The van der Waals surface area contributed by atoms with Crippen molar-refractivity contribution >= 4 is 23.7 Å². The quantitative estimate of drug-likeness (QED) is 0.185. The highest BCUT2D eigenvalue weighted by molar-refractivity contribution is 6.00. The number of carboxylic acids is 2. The average molecular weight is 714 g/mol. The van der Waals surface area contributed by atoms with Crippen LogP contribution in [0.3, 0.4) is 0 Å². The molecule has 0 spiro atoms. The number of hydrogen-bond acceptors (Lipinski definition) is 7. The number of carboxylic acid groups (broad SMARTS) is 2. The minimum absolute atomic E-state index is 0.00259. The standard InChI is InChI=1S/C42H67NO8/c1-24(2)34-27(44)20-42(30(45)22-43(25(3)4)23-32(46)47)19-18-40(10)26(35(34)42)12-13-29-39(9)16-15-31(51-33(48)21-37(5,6)36(49)50)38(7,8)28(39)14-17-41(29,40)11/h24-26,28-31,45H,12-23H2,1-11H3,(H,46,47)(H,49,50)/t26-,28+,29-,30+,31+,39+,40-,41-,42+/m1/s1. The monoisotopic (exact) mass is 713 g/mol. The van der Waals surface area contributed by atoms with Gasteiger partial charge in [-0.2, -0.15) is 0 Å². The van der Waals surface area contributed by atoms with E-state index in [0.29, 0.717) is 18.3 Å². The fourth-order valence-corrected chi connectivity index (χ4v) is 12.9.